The van der Waals surface area contributed by atoms with Gasteiger partial charge in [-0.05, 0) is 22.3 Å². The van der Waals surface area contributed by atoms with Gasteiger partial charge in [0.1, 0.15) is 0 Å². The lowest BCUT2D eigenvalue weighted by Gasteiger charge is -2.14. The molecule has 2 atom stereocenters. The third kappa shape index (κ3) is 10.6. The summed E-state index contributed by atoms with van der Waals surface area (Å²) in [5, 5.41) is 26.7. The van der Waals surface area contributed by atoms with Crippen molar-refractivity contribution in [2.75, 3.05) is 26.3 Å². The van der Waals surface area contributed by atoms with E-state index in [2.05, 4.69) is 34.9 Å². The molecule has 0 aromatic heterocycles. The normalized spacial score (nSPS) is 13.0. The molecule has 0 saturated carbocycles. The van der Waals surface area contributed by atoms with Crippen molar-refractivity contribution < 1.29 is 19.7 Å². The molecule has 0 saturated heterocycles. The van der Waals surface area contributed by atoms with E-state index in [9.17, 15) is 10.2 Å². The molecule has 3 rings (SSSR count). The Labute approximate surface area is 202 Å². The SMILES string of the molecule is O[C@H](CNCc1ccc(CNC[C@@H](O)COCc2ccccc2)cc1)COCc1ccccc1. The third-order valence-electron chi connectivity index (χ3n) is 5.28. The molecule has 34 heavy (non-hydrogen) atoms. The second-order valence-electron chi connectivity index (χ2n) is 8.39. The average molecular weight is 465 g/mol. The number of hydrogen-bond acceptors (Lipinski definition) is 6. The van der Waals surface area contributed by atoms with Gasteiger partial charge in [0.15, 0.2) is 0 Å². The molecule has 0 fully saturated rings. The first-order valence-corrected chi connectivity index (χ1v) is 11.8. The van der Waals surface area contributed by atoms with Crippen LogP contribution in [-0.2, 0) is 35.8 Å². The monoisotopic (exact) mass is 464 g/mol. The van der Waals surface area contributed by atoms with Crippen LogP contribution in [0, 0.1) is 0 Å². The minimum Gasteiger partial charge on any atom is -0.389 e. The predicted molar refractivity (Wildman–Crippen MR) is 134 cm³/mol. The number of aliphatic hydroxyl groups is 2. The van der Waals surface area contributed by atoms with E-state index in [0.29, 0.717) is 52.6 Å². The minimum absolute atomic E-state index is 0.301. The Morgan fingerprint density at radius 3 is 1.29 bits per heavy atom. The summed E-state index contributed by atoms with van der Waals surface area (Å²) in [6, 6.07) is 28.2. The number of benzene rings is 3. The zero-order valence-corrected chi connectivity index (χ0v) is 19.6. The molecule has 6 nitrogen and oxygen atoms in total. The van der Waals surface area contributed by atoms with Crippen LogP contribution in [0.25, 0.3) is 0 Å². The fourth-order valence-corrected chi connectivity index (χ4v) is 3.43. The zero-order valence-electron chi connectivity index (χ0n) is 19.6. The van der Waals surface area contributed by atoms with Crippen LogP contribution in [-0.4, -0.2) is 48.7 Å². The van der Waals surface area contributed by atoms with Crippen LogP contribution in [0.2, 0.25) is 0 Å². The van der Waals surface area contributed by atoms with Crippen LogP contribution in [0.3, 0.4) is 0 Å². The van der Waals surface area contributed by atoms with E-state index < -0.39 is 12.2 Å². The van der Waals surface area contributed by atoms with Crippen LogP contribution < -0.4 is 10.6 Å². The fraction of sp³-hybridized carbons (Fsp3) is 0.357. The van der Waals surface area contributed by atoms with Crippen molar-refractivity contribution in [3.05, 3.63) is 107 Å². The Hall–Kier alpha value is -2.58. The Bertz CT molecular complexity index is 830. The van der Waals surface area contributed by atoms with Gasteiger partial charge in [-0.3, -0.25) is 0 Å². The van der Waals surface area contributed by atoms with Crippen molar-refractivity contribution in [3.8, 4) is 0 Å². The highest BCUT2D eigenvalue weighted by molar-refractivity contribution is 5.22. The largest absolute Gasteiger partial charge is 0.389 e. The van der Waals surface area contributed by atoms with Gasteiger partial charge >= 0.3 is 0 Å². The van der Waals surface area contributed by atoms with Crippen molar-refractivity contribution in [2.24, 2.45) is 0 Å². The molecule has 0 heterocycles. The number of hydrogen-bond donors (Lipinski definition) is 4. The van der Waals surface area contributed by atoms with E-state index >= 15 is 0 Å². The van der Waals surface area contributed by atoms with Crippen LogP contribution >= 0.6 is 0 Å². The Morgan fingerprint density at radius 2 is 0.912 bits per heavy atom. The lowest BCUT2D eigenvalue weighted by Crippen LogP contribution is -2.30. The smallest absolute Gasteiger partial charge is 0.0897 e. The van der Waals surface area contributed by atoms with Crippen molar-refractivity contribution in [3.63, 3.8) is 0 Å². The molecule has 0 aliphatic rings. The quantitative estimate of drug-likeness (QED) is 0.261. The first-order valence-electron chi connectivity index (χ1n) is 11.8. The number of aliphatic hydroxyl groups excluding tert-OH is 2. The highest BCUT2D eigenvalue weighted by atomic mass is 16.5. The number of rotatable bonds is 16. The standard InChI is InChI=1S/C28H36N2O4/c31-27(21-33-19-25-7-3-1-4-8-25)17-29-15-23-11-13-24(14-12-23)16-30-18-28(32)22-34-20-26-9-5-2-6-10-26/h1-14,27-32H,15-22H2/t27-,28-/m1/s1. The third-order valence-corrected chi connectivity index (χ3v) is 5.28. The molecule has 0 aliphatic heterocycles. The number of ether oxygens (including phenoxy) is 2. The number of nitrogens with one attached hydrogen (secondary N) is 2. The first-order chi connectivity index (χ1) is 16.7. The molecule has 3 aromatic rings. The molecule has 0 amide bonds. The van der Waals surface area contributed by atoms with Gasteiger partial charge < -0.3 is 30.3 Å². The van der Waals surface area contributed by atoms with Gasteiger partial charge in [-0.25, -0.2) is 0 Å². The summed E-state index contributed by atoms with van der Waals surface area (Å²) in [6.07, 6.45) is -1.09. The van der Waals surface area contributed by atoms with E-state index in [1.165, 1.54) is 0 Å². The van der Waals surface area contributed by atoms with Crippen molar-refractivity contribution in [1.29, 1.82) is 0 Å². The molecule has 0 bridgehead atoms. The second kappa shape index (κ2) is 15.3. The lowest BCUT2D eigenvalue weighted by molar-refractivity contribution is 0.0287. The van der Waals surface area contributed by atoms with Gasteiger partial charge in [0.2, 0.25) is 0 Å². The molecule has 0 radical (unpaired) electrons. The van der Waals surface area contributed by atoms with E-state index in [1.54, 1.807) is 0 Å². The molecule has 3 aromatic carbocycles. The zero-order chi connectivity index (χ0) is 23.8. The molecule has 0 aliphatic carbocycles. The highest BCUT2D eigenvalue weighted by Crippen LogP contribution is 2.05. The summed E-state index contributed by atoms with van der Waals surface area (Å²) < 4.78 is 11.1. The highest BCUT2D eigenvalue weighted by Gasteiger charge is 2.06. The van der Waals surface area contributed by atoms with Crippen molar-refractivity contribution in [1.82, 2.24) is 10.6 Å². The van der Waals surface area contributed by atoms with Crippen LogP contribution in [0.15, 0.2) is 84.9 Å². The summed E-state index contributed by atoms with van der Waals surface area (Å²) in [5.74, 6) is 0. The first kappa shape index (κ1) is 26.0. The second-order valence-corrected chi connectivity index (χ2v) is 8.39. The summed E-state index contributed by atoms with van der Waals surface area (Å²) in [6.45, 7) is 3.92. The van der Waals surface area contributed by atoms with Crippen LogP contribution in [0.1, 0.15) is 22.3 Å². The maximum atomic E-state index is 10.1. The minimum atomic E-state index is -0.546. The summed E-state index contributed by atoms with van der Waals surface area (Å²) >= 11 is 0. The molecule has 182 valence electrons. The molecular formula is C28H36N2O4. The maximum absolute atomic E-state index is 10.1. The summed E-state index contributed by atoms with van der Waals surface area (Å²) in [4.78, 5) is 0. The molecule has 0 unspecified atom stereocenters. The topological polar surface area (TPSA) is 83.0 Å². The van der Waals surface area contributed by atoms with Gasteiger partial charge in [-0.2, -0.15) is 0 Å². The fourth-order valence-electron chi connectivity index (χ4n) is 3.43. The van der Waals surface area contributed by atoms with Gasteiger partial charge in [-0.1, -0.05) is 84.9 Å². The molecule has 0 spiro atoms. The van der Waals surface area contributed by atoms with Crippen molar-refractivity contribution >= 4 is 0 Å². The maximum Gasteiger partial charge on any atom is 0.0897 e. The van der Waals surface area contributed by atoms with E-state index in [4.69, 9.17) is 9.47 Å². The van der Waals surface area contributed by atoms with E-state index in [-0.39, 0.29) is 0 Å². The van der Waals surface area contributed by atoms with E-state index in [0.717, 1.165) is 22.3 Å². The van der Waals surface area contributed by atoms with Crippen LogP contribution in [0.4, 0.5) is 0 Å². The summed E-state index contributed by atoms with van der Waals surface area (Å²) in [7, 11) is 0. The average Bonchev–Trinajstić information content (AvgIpc) is 2.86. The molecular weight excluding hydrogens is 428 g/mol. The van der Waals surface area contributed by atoms with E-state index in [1.807, 2.05) is 60.7 Å². The Kier molecular flexibility index (Phi) is 11.8. The van der Waals surface area contributed by atoms with Gasteiger partial charge in [0, 0.05) is 26.2 Å². The molecule has 6 heteroatoms. The lowest BCUT2D eigenvalue weighted by atomic mass is 10.1. The van der Waals surface area contributed by atoms with Gasteiger partial charge in [0.25, 0.3) is 0 Å². The Balaban J connectivity index is 1.22. The molecule has 4 N–H and O–H groups in total. The predicted octanol–water partition coefficient (Wildman–Crippen LogP) is 3.02. The Morgan fingerprint density at radius 1 is 0.529 bits per heavy atom. The van der Waals surface area contributed by atoms with Crippen molar-refractivity contribution in [2.45, 2.75) is 38.5 Å². The summed E-state index contributed by atoms with van der Waals surface area (Å²) in [5.41, 5.74) is 4.50. The van der Waals surface area contributed by atoms with Crippen LogP contribution in [0.5, 0.6) is 0 Å². The van der Waals surface area contributed by atoms with Gasteiger partial charge in [-0.15, -0.1) is 0 Å². The van der Waals surface area contributed by atoms with Gasteiger partial charge in [0.05, 0.1) is 38.6 Å².